The molecule has 0 aromatic rings. The third-order valence-electron chi connectivity index (χ3n) is 13.1. The molecule has 3 unspecified atom stereocenters. The summed E-state index contributed by atoms with van der Waals surface area (Å²) in [5, 5.41) is 9.82. The van der Waals surface area contributed by atoms with Crippen LogP contribution in [0.3, 0.4) is 0 Å². The zero-order chi connectivity index (χ0) is 55.5. The van der Waals surface area contributed by atoms with Crippen molar-refractivity contribution in [1.29, 1.82) is 0 Å². The number of esters is 3. The average molecular weight is 1090 g/mol. The van der Waals surface area contributed by atoms with Crippen molar-refractivity contribution in [2.45, 2.75) is 290 Å². The van der Waals surface area contributed by atoms with Gasteiger partial charge in [-0.15, -0.1) is 0 Å². The highest BCUT2D eigenvalue weighted by Gasteiger charge is 2.28. The summed E-state index contributed by atoms with van der Waals surface area (Å²) in [4.78, 5) is 48.6. The molecule has 0 saturated carbocycles. The summed E-state index contributed by atoms with van der Waals surface area (Å²) < 4.78 is 39.6. The number of hydrogen-bond donors (Lipinski definition) is 2. The number of allylic oxidation sites excluding steroid dienone is 12. The van der Waals surface area contributed by atoms with Crippen LogP contribution in [0.2, 0.25) is 0 Å². The van der Waals surface area contributed by atoms with E-state index < -0.39 is 57.8 Å². The van der Waals surface area contributed by atoms with Crippen molar-refractivity contribution < 1.29 is 52.2 Å². The summed E-state index contributed by atoms with van der Waals surface area (Å²) in [6.07, 6.45) is 65.7. The summed E-state index contributed by atoms with van der Waals surface area (Å²) in [7, 11) is -4.76. The van der Waals surface area contributed by atoms with Crippen molar-refractivity contribution in [2.75, 3.05) is 26.4 Å². The zero-order valence-corrected chi connectivity index (χ0v) is 49.6. The van der Waals surface area contributed by atoms with Crippen LogP contribution in [0.1, 0.15) is 278 Å². The van der Waals surface area contributed by atoms with Crippen molar-refractivity contribution in [1.82, 2.24) is 0 Å². The molecule has 0 spiro atoms. The Balaban J connectivity index is 4.75. The largest absolute Gasteiger partial charge is 0.472 e. The minimum absolute atomic E-state index is 0.124. The van der Waals surface area contributed by atoms with Crippen LogP contribution >= 0.6 is 7.82 Å². The molecule has 0 heterocycles. The first-order valence-corrected chi connectivity index (χ1v) is 32.3. The van der Waals surface area contributed by atoms with Crippen LogP contribution in [0, 0.1) is 0 Å². The SMILES string of the molecule is CC/C=C\C/C=C\C/C=C\C/C=C\CCCCC(=O)OC(CO)COP(=O)(O)OCC(COC(=O)CCCCCCCCC/C=C\C/C=C\CCCCC)OC(=O)CCCCCCCCCCCCCCCCCCC. The highest BCUT2D eigenvalue weighted by atomic mass is 31.2. The molecule has 0 aliphatic carbocycles. The van der Waals surface area contributed by atoms with E-state index in [1.54, 1.807) is 0 Å². The van der Waals surface area contributed by atoms with Crippen LogP contribution in [-0.4, -0.2) is 66.5 Å². The molecular formula is C64H113O11P. The lowest BCUT2D eigenvalue weighted by molar-refractivity contribution is -0.161. The number of carbonyl (C=O) groups excluding carboxylic acids is 3. The predicted octanol–water partition coefficient (Wildman–Crippen LogP) is 18.5. The number of ether oxygens (including phenoxy) is 3. The summed E-state index contributed by atoms with van der Waals surface area (Å²) in [6.45, 7) is 4.49. The van der Waals surface area contributed by atoms with E-state index in [9.17, 15) is 28.9 Å². The maximum Gasteiger partial charge on any atom is 0.472 e. The first-order chi connectivity index (χ1) is 37.2. The quantitative estimate of drug-likeness (QED) is 0.0197. The van der Waals surface area contributed by atoms with E-state index in [4.69, 9.17) is 23.3 Å². The number of carbonyl (C=O) groups is 3. The zero-order valence-electron chi connectivity index (χ0n) is 48.7. The van der Waals surface area contributed by atoms with Gasteiger partial charge in [0.05, 0.1) is 19.8 Å². The van der Waals surface area contributed by atoms with E-state index in [-0.39, 0.29) is 25.9 Å². The lowest BCUT2D eigenvalue weighted by atomic mass is 10.0. The molecule has 11 nitrogen and oxygen atoms in total. The van der Waals surface area contributed by atoms with Crippen LogP contribution in [0.15, 0.2) is 72.9 Å². The second-order valence-electron chi connectivity index (χ2n) is 20.5. The van der Waals surface area contributed by atoms with Gasteiger partial charge in [0.15, 0.2) is 6.10 Å². The van der Waals surface area contributed by atoms with Gasteiger partial charge in [-0.25, -0.2) is 4.57 Å². The highest BCUT2D eigenvalue weighted by molar-refractivity contribution is 7.47. The molecule has 2 N–H and O–H groups in total. The standard InChI is InChI=1S/C64H113O11P/c1-4-7-10-13-16-19-22-25-28-30-33-35-38-41-44-47-50-53-62(66)71-57-61(75-64(68)55-52-49-46-43-40-37-34-31-29-26-23-20-17-14-11-8-5-2)59-73-76(69,70)72-58-60(56-65)74-63(67)54-51-48-45-42-39-36-32-27-24-21-18-15-12-9-6-3/h9,12,16,18-19,21,25,27-28,32,39,42,60-61,65H,4-8,10-11,13-15,17,20,22-24,26,29-31,33-38,40-41,43-59H2,1-3H3,(H,69,70)/b12-9-,19-16-,21-18-,28-25-,32-27-,42-39-. The minimum atomic E-state index is -4.76. The number of phosphoric ester groups is 1. The van der Waals surface area contributed by atoms with Gasteiger partial charge in [0, 0.05) is 19.3 Å². The van der Waals surface area contributed by atoms with Crippen LogP contribution in [0.4, 0.5) is 0 Å². The highest BCUT2D eigenvalue weighted by Crippen LogP contribution is 2.43. The molecule has 0 bridgehead atoms. The van der Waals surface area contributed by atoms with Gasteiger partial charge in [-0.3, -0.25) is 23.4 Å². The Hall–Kier alpha value is -3.08. The van der Waals surface area contributed by atoms with E-state index >= 15 is 0 Å². The van der Waals surface area contributed by atoms with Crippen LogP contribution < -0.4 is 0 Å². The molecule has 0 fully saturated rings. The Morgan fingerprint density at radius 2 is 0.684 bits per heavy atom. The summed E-state index contributed by atoms with van der Waals surface area (Å²) in [5.74, 6) is -1.50. The monoisotopic (exact) mass is 1090 g/mol. The van der Waals surface area contributed by atoms with Gasteiger partial charge in [0.1, 0.15) is 12.7 Å². The predicted molar refractivity (Wildman–Crippen MR) is 316 cm³/mol. The van der Waals surface area contributed by atoms with Crippen LogP contribution in [0.5, 0.6) is 0 Å². The third-order valence-corrected chi connectivity index (χ3v) is 14.1. The van der Waals surface area contributed by atoms with Gasteiger partial charge in [-0.1, -0.05) is 241 Å². The molecule has 0 aromatic heterocycles. The number of phosphoric acid groups is 1. The summed E-state index contributed by atoms with van der Waals surface area (Å²) in [5.41, 5.74) is 0. The fourth-order valence-electron chi connectivity index (χ4n) is 8.44. The number of hydrogen-bond acceptors (Lipinski definition) is 10. The Morgan fingerprint density at radius 1 is 0.382 bits per heavy atom. The van der Waals surface area contributed by atoms with E-state index in [1.165, 1.54) is 128 Å². The number of aliphatic hydroxyl groups excluding tert-OH is 1. The van der Waals surface area contributed by atoms with E-state index in [0.29, 0.717) is 19.3 Å². The number of aliphatic hydroxyl groups is 1. The van der Waals surface area contributed by atoms with Crippen molar-refractivity contribution in [3.8, 4) is 0 Å². The second kappa shape index (κ2) is 58.1. The van der Waals surface area contributed by atoms with Crippen molar-refractivity contribution in [3.05, 3.63) is 72.9 Å². The molecule has 440 valence electrons. The van der Waals surface area contributed by atoms with Crippen molar-refractivity contribution >= 4 is 25.7 Å². The number of unbranched alkanes of at least 4 members (excludes halogenated alkanes) is 28. The van der Waals surface area contributed by atoms with Gasteiger partial charge >= 0.3 is 25.7 Å². The van der Waals surface area contributed by atoms with Gasteiger partial charge in [0.25, 0.3) is 0 Å². The Morgan fingerprint density at radius 3 is 1.11 bits per heavy atom. The lowest BCUT2D eigenvalue weighted by Crippen LogP contribution is -2.30. The van der Waals surface area contributed by atoms with E-state index in [2.05, 4.69) is 93.7 Å². The van der Waals surface area contributed by atoms with Crippen molar-refractivity contribution in [3.63, 3.8) is 0 Å². The normalized spacial score (nSPS) is 13.8. The Labute approximate surface area is 465 Å². The molecule has 0 saturated heterocycles. The van der Waals surface area contributed by atoms with Gasteiger partial charge in [-0.2, -0.15) is 0 Å². The van der Waals surface area contributed by atoms with E-state index in [1.807, 2.05) is 0 Å². The fourth-order valence-corrected chi connectivity index (χ4v) is 9.22. The van der Waals surface area contributed by atoms with Gasteiger partial charge in [0.2, 0.25) is 0 Å². The topological polar surface area (TPSA) is 155 Å². The minimum Gasteiger partial charge on any atom is -0.462 e. The van der Waals surface area contributed by atoms with Crippen LogP contribution in [-0.2, 0) is 42.2 Å². The Kier molecular flexibility index (Phi) is 55.7. The summed E-state index contributed by atoms with van der Waals surface area (Å²) in [6, 6.07) is 0. The van der Waals surface area contributed by atoms with Crippen LogP contribution in [0.25, 0.3) is 0 Å². The maximum atomic E-state index is 12.9. The molecule has 0 aliphatic heterocycles. The second-order valence-corrected chi connectivity index (χ2v) is 21.9. The molecule has 0 aliphatic rings. The van der Waals surface area contributed by atoms with E-state index in [0.717, 1.165) is 89.9 Å². The molecule has 76 heavy (non-hydrogen) atoms. The molecule has 0 radical (unpaired) electrons. The smallest absolute Gasteiger partial charge is 0.462 e. The molecule has 0 amide bonds. The lowest BCUT2D eigenvalue weighted by Gasteiger charge is -2.21. The first kappa shape index (κ1) is 72.9. The fraction of sp³-hybridized carbons (Fsp3) is 0.766. The molecule has 0 rings (SSSR count). The van der Waals surface area contributed by atoms with Gasteiger partial charge in [-0.05, 0) is 89.9 Å². The average Bonchev–Trinajstić information content (AvgIpc) is 3.41. The Bertz CT molecular complexity index is 1550. The van der Waals surface area contributed by atoms with Crippen molar-refractivity contribution in [2.24, 2.45) is 0 Å². The molecular weight excluding hydrogens is 976 g/mol. The molecule has 0 aromatic carbocycles. The third kappa shape index (κ3) is 55.7. The number of rotatable bonds is 57. The summed E-state index contributed by atoms with van der Waals surface area (Å²) >= 11 is 0. The molecule has 3 atom stereocenters. The first-order valence-electron chi connectivity index (χ1n) is 30.8. The maximum absolute atomic E-state index is 12.9. The molecule has 12 heteroatoms. The van der Waals surface area contributed by atoms with Gasteiger partial charge < -0.3 is 24.2 Å².